The van der Waals surface area contributed by atoms with Crippen molar-refractivity contribution >= 4 is 23.6 Å². The summed E-state index contributed by atoms with van der Waals surface area (Å²) >= 11 is 1.70. The Hall–Kier alpha value is -1.49. The minimum absolute atomic E-state index is 0.0243. The van der Waals surface area contributed by atoms with Crippen molar-refractivity contribution in [3.63, 3.8) is 0 Å². The van der Waals surface area contributed by atoms with Crippen LogP contribution in [0.25, 0.3) is 0 Å². The van der Waals surface area contributed by atoms with Crippen molar-refractivity contribution in [2.45, 2.75) is 50.7 Å². The molecule has 2 atom stereocenters. The van der Waals surface area contributed by atoms with Crippen LogP contribution in [0.4, 0.5) is 0 Å². The van der Waals surface area contributed by atoms with Gasteiger partial charge >= 0.3 is 0 Å². The van der Waals surface area contributed by atoms with Gasteiger partial charge in [-0.2, -0.15) is 0 Å². The van der Waals surface area contributed by atoms with Gasteiger partial charge in [0.15, 0.2) is 0 Å². The van der Waals surface area contributed by atoms with E-state index in [1.54, 1.807) is 11.8 Å². The predicted octanol–water partition coefficient (Wildman–Crippen LogP) is 3.61. The highest BCUT2D eigenvalue weighted by atomic mass is 32.2. The summed E-state index contributed by atoms with van der Waals surface area (Å²) < 4.78 is 0. The van der Waals surface area contributed by atoms with E-state index < -0.39 is 0 Å². The molecule has 0 unspecified atom stereocenters. The second-order valence-electron chi connectivity index (χ2n) is 7.12. The van der Waals surface area contributed by atoms with Crippen LogP contribution in [-0.2, 0) is 9.59 Å². The van der Waals surface area contributed by atoms with Gasteiger partial charge in [-0.05, 0) is 39.2 Å². The Morgan fingerprint density at radius 2 is 1.96 bits per heavy atom. The number of hydrogen-bond donors (Lipinski definition) is 0. The van der Waals surface area contributed by atoms with E-state index in [0.717, 1.165) is 19.4 Å². The Labute approximate surface area is 154 Å². The van der Waals surface area contributed by atoms with E-state index in [4.69, 9.17) is 0 Å². The topological polar surface area (TPSA) is 40.6 Å². The summed E-state index contributed by atoms with van der Waals surface area (Å²) in [5, 5.41) is 0.0318. The molecule has 1 aliphatic heterocycles. The second-order valence-corrected chi connectivity index (χ2v) is 8.54. The van der Waals surface area contributed by atoms with E-state index in [-0.39, 0.29) is 28.4 Å². The molecular weight excluding hydrogens is 332 g/mol. The fourth-order valence-electron chi connectivity index (χ4n) is 3.46. The molecule has 3 rings (SSSR count). The number of hydrogen-bond acceptors (Lipinski definition) is 3. The average Bonchev–Trinajstić information content (AvgIpc) is 2.83. The standard InChI is InChI=1S/C20H28N2O2S/c1-4-21(19(24)16-6-5-7-16)12-13-22-18(23)15(3)25-20(22)17-10-8-14(2)9-11-17/h8-11,15-16,20H,4-7,12-13H2,1-3H3/t15-,20+/m0/s1. The van der Waals surface area contributed by atoms with Crippen molar-refractivity contribution in [1.82, 2.24) is 9.80 Å². The molecule has 1 aliphatic carbocycles. The second kappa shape index (κ2) is 7.81. The molecule has 1 saturated heterocycles. The van der Waals surface area contributed by atoms with E-state index in [0.29, 0.717) is 13.1 Å². The highest BCUT2D eigenvalue weighted by Gasteiger charge is 2.38. The van der Waals surface area contributed by atoms with Gasteiger partial charge in [-0.3, -0.25) is 9.59 Å². The summed E-state index contributed by atoms with van der Waals surface area (Å²) in [7, 11) is 0. The minimum atomic E-state index is -0.0243. The summed E-state index contributed by atoms with van der Waals surface area (Å²) in [6.07, 6.45) is 3.22. The van der Waals surface area contributed by atoms with E-state index in [1.807, 2.05) is 23.6 Å². The Morgan fingerprint density at radius 3 is 2.52 bits per heavy atom. The molecule has 1 saturated carbocycles. The molecule has 5 heteroatoms. The van der Waals surface area contributed by atoms with E-state index >= 15 is 0 Å². The SMILES string of the molecule is CCN(CCN1C(=O)[C@H](C)S[C@@H]1c1ccc(C)cc1)C(=O)C1CCC1. The molecule has 4 nitrogen and oxygen atoms in total. The predicted molar refractivity (Wildman–Crippen MR) is 102 cm³/mol. The van der Waals surface area contributed by atoms with Gasteiger partial charge in [0.05, 0.1) is 5.25 Å². The maximum absolute atomic E-state index is 12.6. The number of likely N-dealkylation sites (N-methyl/N-ethyl adjacent to an activating group) is 1. The smallest absolute Gasteiger partial charge is 0.236 e. The number of nitrogens with zero attached hydrogens (tertiary/aromatic N) is 2. The van der Waals surface area contributed by atoms with Crippen LogP contribution in [0.15, 0.2) is 24.3 Å². The fourth-order valence-corrected chi connectivity index (χ4v) is 4.77. The van der Waals surface area contributed by atoms with Gasteiger partial charge in [0.2, 0.25) is 11.8 Å². The molecule has 0 N–H and O–H groups in total. The third-order valence-electron chi connectivity index (χ3n) is 5.37. The zero-order valence-corrected chi connectivity index (χ0v) is 16.2. The largest absolute Gasteiger partial charge is 0.341 e. The zero-order valence-electron chi connectivity index (χ0n) is 15.4. The molecule has 0 spiro atoms. The minimum Gasteiger partial charge on any atom is -0.341 e. The highest BCUT2D eigenvalue weighted by molar-refractivity contribution is 8.01. The van der Waals surface area contributed by atoms with Crippen LogP contribution in [0, 0.1) is 12.8 Å². The van der Waals surface area contributed by atoms with Crippen molar-refractivity contribution < 1.29 is 9.59 Å². The molecule has 25 heavy (non-hydrogen) atoms. The van der Waals surface area contributed by atoms with Crippen molar-refractivity contribution in [3.8, 4) is 0 Å². The number of carbonyl (C=O) groups excluding carboxylic acids is 2. The Kier molecular flexibility index (Phi) is 5.72. The number of carbonyl (C=O) groups is 2. The van der Waals surface area contributed by atoms with E-state index in [1.165, 1.54) is 17.5 Å². The third kappa shape index (κ3) is 3.86. The number of amides is 2. The molecule has 136 valence electrons. The van der Waals surface area contributed by atoms with Gasteiger partial charge in [0.25, 0.3) is 0 Å². The summed E-state index contributed by atoms with van der Waals surface area (Å²) in [6, 6.07) is 8.42. The molecule has 2 aliphatic rings. The van der Waals surface area contributed by atoms with Crippen LogP contribution >= 0.6 is 11.8 Å². The molecule has 2 fully saturated rings. The summed E-state index contributed by atoms with van der Waals surface area (Å²) in [4.78, 5) is 29.0. The van der Waals surface area contributed by atoms with Gasteiger partial charge in [0, 0.05) is 25.6 Å². The Bertz CT molecular complexity index is 627. The number of rotatable bonds is 6. The molecular formula is C20H28N2O2S. The van der Waals surface area contributed by atoms with Gasteiger partial charge in [0.1, 0.15) is 5.37 Å². The first-order chi connectivity index (χ1) is 12.0. The molecule has 0 radical (unpaired) electrons. The maximum atomic E-state index is 12.6. The Balaban J connectivity index is 1.68. The van der Waals surface area contributed by atoms with Crippen LogP contribution in [0.2, 0.25) is 0 Å². The molecule has 1 heterocycles. The maximum Gasteiger partial charge on any atom is 0.236 e. The first kappa shape index (κ1) is 18.3. The van der Waals surface area contributed by atoms with Crippen molar-refractivity contribution in [1.29, 1.82) is 0 Å². The lowest BCUT2D eigenvalue weighted by molar-refractivity contribution is -0.139. The molecule has 0 aromatic heterocycles. The number of benzene rings is 1. The van der Waals surface area contributed by atoms with Crippen molar-refractivity contribution in [2.75, 3.05) is 19.6 Å². The van der Waals surface area contributed by atoms with Gasteiger partial charge in [-0.1, -0.05) is 36.2 Å². The van der Waals surface area contributed by atoms with Crippen LogP contribution in [0.5, 0.6) is 0 Å². The number of thioether (sulfide) groups is 1. The lowest BCUT2D eigenvalue weighted by Crippen LogP contribution is -2.44. The molecule has 0 bridgehead atoms. The van der Waals surface area contributed by atoms with Crippen LogP contribution in [-0.4, -0.2) is 46.5 Å². The molecule has 2 amide bonds. The normalized spacial score (nSPS) is 23.6. The van der Waals surface area contributed by atoms with Crippen molar-refractivity contribution in [2.24, 2.45) is 5.92 Å². The lowest BCUT2D eigenvalue weighted by atomic mass is 9.84. The van der Waals surface area contributed by atoms with Crippen molar-refractivity contribution in [3.05, 3.63) is 35.4 Å². The highest BCUT2D eigenvalue weighted by Crippen LogP contribution is 2.42. The quantitative estimate of drug-likeness (QED) is 0.778. The van der Waals surface area contributed by atoms with Crippen LogP contribution in [0.3, 0.4) is 0 Å². The van der Waals surface area contributed by atoms with Gasteiger partial charge in [-0.25, -0.2) is 0 Å². The van der Waals surface area contributed by atoms with Crippen LogP contribution in [0.1, 0.15) is 49.6 Å². The van der Waals surface area contributed by atoms with E-state index in [9.17, 15) is 9.59 Å². The molecule has 1 aromatic rings. The summed E-state index contributed by atoms with van der Waals surface area (Å²) in [5.74, 6) is 0.672. The van der Waals surface area contributed by atoms with Gasteiger partial charge in [-0.15, -0.1) is 11.8 Å². The lowest BCUT2D eigenvalue weighted by Gasteiger charge is -2.33. The van der Waals surface area contributed by atoms with E-state index in [2.05, 4.69) is 31.2 Å². The Morgan fingerprint density at radius 1 is 1.28 bits per heavy atom. The van der Waals surface area contributed by atoms with Gasteiger partial charge < -0.3 is 9.80 Å². The molecule has 1 aromatic carbocycles. The fraction of sp³-hybridized carbons (Fsp3) is 0.600. The monoisotopic (exact) mass is 360 g/mol. The summed E-state index contributed by atoms with van der Waals surface area (Å²) in [6.45, 7) is 8.04. The first-order valence-corrected chi connectivity index (χ1v) is 10.3. The third-order valence-corrected chi connectivity index (χ3v) is 6.76. The average molecular weight is 361 g/mol. The first-order valence-electron chi connectivity index (χ1n) is 9.32. The summed E-state index contributed by atoms with van der Waals surface area (Å²) in [5.41, 5.74) is 2.39. The van der Waals surface area contributed by atoms with Crippen LogP contribution < -0.4 is 0 Å². The number of aryl methyl sites for hydroxylation is 1. The zero-order chi connectivity index (χ0) is 18.0.